The summed E-state index contributed by atoms with van der Waals surface area (Å²) in [5.74, 6) is -0.518. The molecule has 19 heavy (non-hydrogen) atoms. The zero-order valence-electron chi connectivity index (χ0n) is 10.6. The number of carbonyl (C=O) groups is 1. The van der Waals surface area contributed by atoms with Gasteiger partial charge in [-0.25, -0.2) is 4.79 Å². The fraction of sp³-hybridized carbons (Fsp3) is 0.308. The van der Waals surface area contributed by atoms with Gasteiger partial charge in [0.05, 0.1) is 24.3 Å². The first-order valence-corrected chi connectivity index (χ1v) is 5.69. The maximum Gasteiger partial charge on any atom is 0.340 e. The van der Waals surface area contributed by atoms with Crippen molar-refractivity contribution in [2.45, 2.75) is 6.92 Å². The van der Waals surface area contributed by atoms with E-state index in [2.05, 4.69) is 0 Å². The van der Waals surface area contributed by atoms with Crippen molar-refractivity contribution < 1.29 is 9.53 Å². The average molecular weight is 258 g/mol. The number of anilines is 2. The minimum Gasteiger partial charge on any atom is -0.462 e. The van der Waals surface area contributed by atoms with E-state index in [1.54, 1.807) is 24.0 Å². The topological polar surface area (TPSA) is 103 Å². The lowest BCUT2D eigenvalue weighted by atomic mass is 10.1. The van der Waals surface area contributed by atoms with Crippen molar-refractivity contribution in [2.75, 3.05) is 30.3 Å². The molecule has 0 aliphatic rings. The standard InChI is InChI=1S/C13H14N4O2/c1-2-19-13(18)11-9-10(3-4-12(11)16)17(7-5-14)8-6-15/h3-4,9H,2,7-8,16H2,1H3. The second-order valence-corrected chi connectivity index (χ2v) is 3.66. The fourth-order valence-electron chi connectivity index (χ4n) is 1.54. The van der Waals surface area contributed by atoms with Gasteiger partial charge in [-0.3, -0.25) is 0 Å². The van der Waals surface area contributed by atoms with Gasteiger partial charge in [0.25, 0.3) is 0 Å². The highest BCUT2D eigenvalue weighted by Crippen LogP contribution is 2.22. The summed E-state index contributed by atoms with van der Waals surface area (Å²) in [6.07, 6.45) is 0. The van der Waals surface area contributed by atoms with Crippen LogP contribution in [0, 0.1) is 22.7 Å². The maximum atomic E-state index is 11.7. The molecule has 6 nitrogen and oxygen atoms in total. The Bertz CT molecular complexity index is 527. The Morgan fingerprint density at radius 1 is 1.37 bits per heavy atom. The number of nitriles is 2. The van der Waals surface area contributed by atoms with E-state index in [0.717, 1.165) is 0 Å². The molecular weight excluding hydrogens is 244 g/mol. The van der Waals surface area contributed by atoms with Crippen LogP contribution in [0.5, 0.6) is 0 Å². The van der Waals surface area contributed by atoms with Crippen LogP contribution in [-0.4, -0.2) is 25.7 Å². The Morgan fingerprint density at radius 3 is 2.53 bits per heavy atom. The van der Waals surface area contributed by atoms with Crippen molar-refractivity contribution in [3.8, 4) is 12.1 Å². The number of nitrogen functional groups attached to an aromatic ring is 1. The Kier molecular flexibility index (Phi) is 5.18. The van der Waals surface area contributed by atoms with Crippen molar-refractivity contribution in [3.63, 3.8) is 0 Å². The zero-order chi connectivity index (χ0) is 14.3. The molecule has 1 aromatic rings. The Morgan fingerprint density at radius 2 is 2.00 bits per heavy atom. The lowest BCUT2D eigenvalue weighted by Gasteiger charge is -2.19. The van der Waals surface area contributed by atoms with Crippen molar-refractivity contribution >= 4 is 17.3 Å². The fourth-order valence-corrected chi connectivity index (χ4v) is 1.54. The van der Waals surface area contributed by atoms with E-state index in [4.69, 9.17) is 21.0 Å². The smallest absolute Gasteiger partial charge is 0.340 e. The summed E-state index contributed by atoms with van der Waals surface area (Å²) in [7, 11) is 0. The summed E-state index contributed by atoms with van der Waals surface area (Å²) >= 11 is 0. The molecule has 0 heterocycles. The highest BCUT2D eigenvalue weighted by Gasteiger charge is 2.14. The van der Waals surface area contributed by atoms with Crippen molar-refractivity contribution in [1.29, 1.82) is 10.5 Å². The van der Waals surface area contributed by atoms with Gasteiger partial charge in [-0.05, 0) is 25.1 Å². The summed E-state index contributed by atoms with van der Waals surface area (Å²) in [4.78, 5) is 13.2. The molecule has 6 heteroatoms. The third-order valence-corrected chi connectivity index (χ3v) is 2.42. The number of hydrogen-bond donors (Lipinski definition) is 1. The number of esters is 1. The highest BCUT2D eigenvalue weighted by molar-refractivity contribution is 5.96. The molecule has 0 aliphatic heterocycles. The number of nitrogens with zero attached hydrogens (tertiary/aromatic N) is 3. The van der Waals surface area contributed by atoms with Crippen LogP contribution in [0.25, 0.3) is 0 Å². The summed E-state index contributed by atoms with van der Waals surface area (Å²) in [6, 6.07) is 8.68. The van der Waals surface area contributed by atoms with Crippen molar-refractivity contribution in [3.05, 3.63) is 23.8 Å². The first-order valence-electron chi connectivity index (χ1n) is 5.69. The van der Waals surface area contributed by atoms with Crippen molar-refractivity contribution in [1.82, 2.24) is 0 Å². The number of rotatable bonds is 5. The van der Waals surface area contributed by atoms with Crippen LogP contribution in [0.2, 0.25) is 0 Å². The third kappa shape index (κ3) is 3.62. The number of hydrogen-bond acceptors (Lipinski definition) is 6. The van der Waals surface area contributed by atoms with Gasteiger partial charge in [0, 0.05) is 11.4 Å². The Hall–Kier alpha value is -2.73. The van der Waals surface area contributed by atoms with Gasteiger partial charge in [0.2, 0.25) is 0 Å². The third-order valence-electron chi connectivity index (χ3n) is 2.42. The predicted octanol–water partition coefficient (Wildman–Crippen LogP) is 1.30. The molecule has 0 aliphatic carbocycles. The van der Waals surface area contributed by atoms with E-state index < -0.39 is 5.97 Å². The molecule has 2 N–H and O–H groups in total. The lowest BCUT2D eigenvalue weighted by Crippen LogP contribution is -2.24. The van der Waals surface area contributed by atoms with Crippen molar-refractivity contribution in [2.24, 2.45) is 0 Å². The molecule has 0 atom stereocenters. The molecule has 0 amide bonds. The van der Waals surface area contributed by atoms with Crippen LogP contribution in [0.4, 0.5) is 11.4 Å². The number of ether oxygens (including phenoxy) is 1. The van der Waals surface area contributed by atoms with Crippen LogP contribution < -0.4 is 10.6 Å². The van der Waals surface area contributed by atoms with Crippen LogP contribution in [0.3, 0.4) is 0 Å². The molecule has 98 valence electrons. The molecule has 0 unspecified atom stereocenters. The van der Waals surface area contributed by atoms with Gasteiger partial charge in [-0.15, -0.1) is 0 Å². The normalized spacial score (nSPS) is 9.21. The zero-order valence-corrected chi connectivity index (χ0v) is 10.6. The molecule has 1 rings (SSSR count). The Labute approximate surface area is 111 Å². The molecule has 1 aromatic carbocycles. The first kappa shape index (κ1) is 14.3. The van der Waals surface area contributed by atoms with E-state index in [1.807, 2.05) is 12.1 Å². The second-order valence-electron chi connectivity index (χ2n) is 3.66. The first-order chi connectivity index (χ1) is 9.13. The van der Waals surface area contributed by atoms with E-state index in [9.17, 15) is 4.79 Å². The summed E-state index contributed by atoms with van der Waals surface area (Å²) in [5.41, 5.74) is 6.84. The summed E-state index contributed by atoms with van der Waals surface area (Å²) < 4.78 is 4.90. The van der Waals surface area contributed by atoms with Gasteiger partial charge in [-0.1, -0.05) is 0 Å². The molecular formula is C13H14N4O2. The van der Waals surface area contributed by atoms with Gasteiger partial charge in [0.15, 0.2) is 0 Å². The molecule has 0 aromatic heterocycles. The quantitative estimate of drug-likeness (QED) is 0.485. The SMILES string of the molecule is CCOC(=O)c1cc(N(CC#N)CC#N)ccc1N. The second kappa shape index (κ2) is 6.87. The predicted molar refractivity (Wildman–Crippen MR) is 70.2 cm³/mol. The Balaban J connectivity index is 3.10. The number of carbonyl (C=O) groups excluding carboxylic acids is 1. The molecule has 0 spiro atoms. The van der Waals surface area contributed by atoms with E-state index in [-0.39, 0.29) is 25.3 Å². The van der Waals surface area contributed by atoms with E-state index >= 15 is 0 Å². The number of nitrogens with two attached hydrogens (primary N) is 1. The summed E-state index contributed by atoms with van der Waals surface area (Å²) in [6.45, 7) is 2.07. The van der Waals surface area contributed by atoms with E-state index in [1.165, 1.54) is 6.07 Å². The average Bonchev–Trinajstić information content (AvgIpc) is 2.39. The lowest BCUT2D eigenvalue weighted by molar-refractivity contribution is 0.0527. The minimum absolute atomic E-state index is 0.0553. The maximum absolute atomic E-state index is 11.7. The molecule has 0 saturated heterocycles. The molecule has 0 fully saturated rings. The highest BCUT2D eigenvalue weighted by atomic mass is 16.5. The largest absolute Gasteiger partial charge is 0.462 e. The van der Waals surface area contributed by atoms with Gasteiger partial charge in [0.1, 0.15) is 13.1 Å². The minimum atomic E-state index is -0.518. The number of benzene rings is 1. The van der Waals surface area contributed by atoms with Gasteiger partial charge >= 0.3 is 5.97 Å². The van der Waals surface area contributed by atoms with Crippen LogP contribution in [0.15, 0.2) is 18.2 Å². The monoisotopic (exact) mass is 258 g/mol. The molecule has 0 radical (unpaired) electrons. The molecule has 0 saturated carbocycles. The van der Waals surface area contributed by atoms with Crippen LogP contribution >= 0.6 is 0 Å². The van der Waals surface area contributed by atoms with Gasteiger partial charge in [-0.2, -0.15) is 10.5 Å². The molecule has 0 bridgehead atoms. The van der Waals surface area contributed by atoms with Crippen LogP contribution in [-0.2, 0) is 4.74 Å². The van der Waals surface area contributed by atoms with E-state index in [0.29, 0.717) is 11.4 Å². The van der Waals surface area contributed by atoms with Crippen LogP contribution in [0.1, 0.15) is 17.3 Å². The van der Waals surface area contributed by atoms with Gasteiger partial charge < -0.3 is 15.4 Å². The summed E-state index contributed by atoms with van der Waals surface area (Å²) in [5, 5.41) is 17.4.